The summed E-state index contributed by atoms with van der Waals surface area (Å²) in [6, 6.07) is 5.40. The lowest BCUT2D eigenvalue weighted by molar-refractivity contribution is -0.0760. The molecule has 0 spiro atoms. The minimum Gasteiger partial charge on any atom is -0.378 e. The molecule has 22 heavy (non-hydrogen) atoms. The summed E-state index contributed by atoms with van der Waals surface area (Å²) in [4.78, 5) is 28.0. The van der Waals surface area contributed by atoms with Crippen LogP contribution in [-0.2, 0) is 9.57 Å². The predicted molar refractivity (Wildman–Crippen MR) is 81.7 cm³/mol. The SMILES string of the molecule is CON(C)C(=O)c1ccc2ncc(N3CCOCC3)cc2n1. The number of rotatable bonds is 3. The molecule has 0 radical (unpaired) electrons. The number of morpholine rings is 1. The van der Waals surface area contributed by atoms with Crippen molar-refractivity contribution in [3.63, 3.8) is 0 Å². The molecular weight excluding hydrogens is 284 g/mol. The van der Waals surface area contributed by atoms with Gasteiger partial charge >= 0.3 is 0 Å². The molecule has 3 rings (SSSR count). The lowest BCUT2D eigenvalue weighted by Crippen LogP contribution is -2.36. The second-order valence-electron chi connectivity index (χ2n) is 5.01. The molecule has 3 heterocycles. The average molecular weight is 302 g/mol. The number of anilines is 1. The van der Waals surface area contributed by atoms with E-state index in [2.05, 4.69) is 14.9 Å². The second kappa shape index (κ2) is 6.25. The lowest BCUT2D eigenvalue weighted by atomic mass is 10.2. The Bertz CT molecular complexity index is 686. The quantitative estimate of drug-likeness (QED) is 0.791. The summed E-state index contributed by atoms with van der Waals surface area (Å²) in [6.07, 6.45) is 1.83. The Kier molecular flexibility index (Phi) is 4.17. The number of hydroxylamine groups is 2. The van der Waals surface area contributed by atoms with Crippen LogP contribution in [-0.4, -0.2) is 61.4 Å². The Balaban J connectivity index is 1.93. The molecule has 7 heteroatoms. The van der Waals surface area contributed by atoms with E-state index >= 15 is 0 Å². The maximum Gasteiger partial charge on any atom is 0.295 e. The molecule has 1 aliphatic heterocycles. The first kappa shape index (κ1) is 14.7. The number of aromatic nitrogens is 2. The van der Waals surface area contributed by atoms with Crippen molar-refractivity contribution in [2.75, 3.05) is 45.4 Å². The van der Waals surface area contributed by atoms with Crippen LogP contribution in [0.25, 0.3) is 11.0 Å². The van der Waals surface area contributed by atoms with Gasteiger partial charge in [0, 0.05) is 20.1 Å². The third-order valence-electron chi connectivity index (χ3n) is 3.68. The van der Waals surface area contributed by atoms with E-state index in [4.69, 9.17) is 9.57 Å². The van der Waals surface area contributed by atoms with Crippen LogP contribution in [0.4, 0.5) is 5.69 Å². The van der Waals surface area contributed by atoms with Crippen LogP contribution in [0.3, 0.4) is 0 Å². The van der Waals surface area contributed by atoms with Crippen LogP contribution in [0.15, 0.2) is 24.4 Å². The van der Waals surface area contributed by atoms with Gasteiger partial charge in [-0.15, -0.1) is 0 Å². The molecule has 0 N–H and O–H groups in total. The third kappa shape index (κ3) is 2.86. The van der Waals surface area contributed by atoms with Gasteiger partial charge in [-0.25, -0.2) is 10.0 Å². The van der Waals surface area contributed by atoms with E-state index in [1.165, 1.54) is 7.11 Å². The van der Waals surface area contributed by atoms with E-state index in [1.807, 2.05) is 12.3 Å². The van der Waals surface area contributed by atoms with Crippen molar-refractivity contribution in [2.45, 2.75) is 0 Å². The topological polar surface area (TPSA) is 67.8 Å². The predicted octanol–water partition coefficient (Wildman–Crippen LogP) is 1.10. The fourth-order valence-electron chi connectivity index (χ4n) is 2.35. The number of carbonyl (C=O) groups is 1. The molecule has 0 aliphatic carbocycles. The summed E-state index contributed by atoms with van der Waals surface area (Å²) >= 11 is 0. The summed E-state index contributed by atoms with van der Waals surface area (Å²) in [5.41, 5.74) is 2.78. The van der Waals surface area contributed by atoms with Crippen molar-refractivity contribution in [2.24, 2.45) is 0 Å². The molecule has 1 amide bonds. The highest BCUT2D eigenvalue weighted by atomic mass is 16.7. The molecule has 1 fully saturated rings. The number of ether oxygens (including phenoxy) is 1. The minimum absolute atomic E-state index is 0.291. The molecule has 2 aromatic rings. The maximum absolute atomic E-state index is 12.1. The largest absolute Gasteiger partial charge is 0.378 e. The molecule has 1 saturated heterocycles. The summed E-state index contributed by atoms with van der Waals surface area (Å²) < 4.78 is 5.36. The van der Waals surface area contributed by atoms with Gasteiger partial charge in [-0.3, -0.25) is 14.6 Å². The van der Waals surface area contributed by atoms with E-state index in [-0.39, 0.29) is 5.91 Å². The van der Waals surface area contributed by atoms with E-state index in [0.717, 1.165) is 29.4 Å². The van der Waals surface area contributed by atoms with E-state index in [0.29, 0.717) is 24.4 Å². The molecule has 7 nitrogen and oxygen atoms in total. The molecule has 0 bridgehead atoms. The fraction of sp³-hybridized carbons (Fsp3) is 0.400. The van der Waals surface area contributed by atoms with E-state index in [1.54, 1.807) is 19.2 Å². The van der Waals surface area contributed by atoms with Crippen molar-refractivity contribution in [1.29, 1.82) is 0 Å². The molecule has 0 saturated carbocycles. The highest BCUT2D eigenvalue weighted by Crippen LogP contribution is 2.20. The zero-order valence-corrected chi connectivity index (χ0v) is 12.7. The molecular formula is C15H18N4O3. The highest BCUT2D eigenvalue weighted by Gasteiger charge is 2.15. The summed E-state index contributed by atoms with van der Waals surface area (Å²) in [6.45, 7) is 3.09. The van der Waals surface area contributed by atoms with Gasteiger partial charge in [0.2, 0.25) is 0 Å². The first-order valence-corrected chi connectivity index (χ1v) is 7.10. The van der Waals surface area contributed by atoms with Crippen LogP contribution >= 0.6 is 0 Å². The molecule has 0 atom stereocenters. The van der Waals surface area contributed by atoms with Crippen molar-refractivity contribution >= 4 is 22.6 Å². The number of nitrogens with zero attached hydrogens (tertiary/aromatic N) is 4. The van der Waals surface area contributed by atoms with Gasteiger partial charge in [-0.2, -0.15) is 0 Å². The molecule has 116 valence electrons. The number of carbonyl (C=O) groups excluding carboxylic acids is 1. The van der Waals surface area contributed by atoms with E-state index < -0.39 is 0 Å². The number of amides is 1. The Morgan fingerprint density at radius 3 is 2.82 bits per heavy atom. The molecule has 2 aromatic heterocycles. The fourth-order valence-corrected chi connectivity index (χ4v) is 2.35. The van der Waals surface area contributed by atoms with Crippen molar-refractivity contribution in [3.05, 3.63) is 30.1 Å². The number of pyridine rings is 2. The van der Waals surface area contributed by atoms with Crippen LogP contribution in [0, 0.1) is 0 Å². The molecule has 0 aromatic carbocycles. The number of hydrogen-bond acceptors (Lipinski definition) is 6. The highest BCUT2D eigenvalue weighted by molar-refractivity contribution is 5.93. The van der Waals surface area contributed by atoms with Crippen molar-refractivity contribution < 1.29 is 14.4 Å². The standard InChI is InChI=1S/C15H18N4O3/c1-18(21-2)15(20)13-4-3-12-14(17-13)9-11(10-16-12)19-5-7-22-8-6-19/h3-4,9-10H,5-8H2,1-2H3. The molecule has 1 aliphatic rings. The van der Waals surface area contributed by atoms with Crippen LogP contribution in [0.1, 0.15) is 10.5 Å². The Morgan fingerprint density at radius 2 is 2.09 bits per heavy atom. The Labute approximate surface area is 128 Å². The van der Waals surface area contributed by atoms with Crippen LogP contribution in [0.5, 0.6) is 0 Å². The first-order valence-electron chi connectivity index (χ1n) is 7.10. The van der Waals surface area contributed by atoms with Crippen molar-refractivity contribution in [3.8, 4) is 0 Å². The van der Waals surface area contributed by atoms with Gasteiger partial charge in [-0.05, 0) is 18.2 Å². The summed E-state index contributed by atoms with van der Waals surface area (Å²) in [7, 11) is 2.99. The van der Waals surface area contributed by atoms with Crippen molar-refractivity contribution in [1.82, 2.24) is 15.0 Å². The average Bonchev–Trinajstić information content (AvgIpc) is 2.60. The number of fused-ring (bicyclic) bond motifs is 1. The zero-order valence-electron chi connectivity index (χ0n) is 12.7. The van der Waals surface area contributed by atoms with Crippen LogP contribution < -0.4 is 4.90 Å². The Morgan fingerprint density at radius 1 is 1.32 bits per heavy atom. The zero-order chi connectivity index (χ0) is 15.5. The second-order valence-corrected chi connectivity index (χ2v) is 5.01. The minimum atomic E-state index is -0.291. The van der Waals surface area contributed by atoms with Gasteiger partial charge in [0.25, 0.3) is 5.91 Å². The van der Waals surface area contributed by atoms with Gasteiger partial charge in [-0.1, -0.05) is 0 Å². The number of hydrogen-bond donors (Lipinski definition) is 0. The van der Waals surface area contributed by atoms with Gasteiger partial charge in [0.05, 0.1) is 43.2 Å². The monoisotopic (exact) mass is 302 g/mol. The van der Waals surface area contributed by atoms with Gasteiger partial charge in [0.15, 0.2) is 0 Å². The Hall–Kier alpha value is -2.25. The summed E-state index contributed by atoms with van der Waals surface area (Å²) in [5, 5.41) is 1.15. The molecule has 0 unspecified atom stereocenters. The summed E-state index contributed by atoms with van der Waals surface area (Å²) in [5.74, 6) is -0.291. The van der Waals surface area contributed by atoms with E-state index in [9.17, 15) is 4.79 Å². The first-order chi connectivity index (χ1) is 10.7. The van der Waals surface area contributed by atoms with Gasteiger partial charge < -0.3 is 9.64 Å². The smallest absolute Gasteiger partial charge is 0.295 e. The van der Waals surface area contributed by atoms with Crippen LogP contribution in [0.2, 0.25) is 0 Å². The normalized spacial score (nSPS) is 15.1. The maximum atomic E-state index is 12.1. The third-order valence-corrected chi connectivity index (χ3v) is 3.68. The lowest BCUT2D eigenvalue weighted by Gasteiger charge is -2.28. The van der Waals surface area contributed by atoms with Gasteiger partial charge in [0.1, 0.15) is 5.69 Å².